The van der Waals surface area contributed by atoms with Gasteiger partial charge in [-0.3, -0.25) is 9.59 Å². The molecular formula is C30H26ClN3O3. The van der Waals surface area contributed by atoms with Gasteiger partial charge in [-0.15, -0.1) is 0 Å². The normalized spacial score (nSPS) is 12.0. The number of methoxy groups -OCH3 is 1. The molecule has 7 heteroatoms. The first-order valence-electron chi connectivity index (χ1n) is 11.9. The van der Waals surface area contributed by atoms with Crippen LogP contribution in [-0.2, 0) is 30.0 Å². The molecular weight excluding hydrogens is 486 g/mol. The number of ether oxygens (including phenoxy) is 1. The van der Waals surface area contributed by atoms with Gasteiger partial charge in [-0.25, -0.2) is 4.98 Å². The largest absolute Gasteiger partial charge is 0.469 e. The molecule has 37 heavy (non-hydrogen) atoms. The monoisotopic (exact) mass is 511 g/mol. The third-order valence-corrected chi connectivity index (χ3v) is 7.02. The van der Waals surface area contributed by atoms with Crippen LogP contribution in [0.5, 0.6) is 0 Å². The van der Waals surface area contributed by atoms with E-state index in [9.17, 15) is 9.59 Å². The summed E-state index contributed by atoms with van der Waals surface area (Å²) < 4.78 is 8.50. The van der Waals surface area contributed by atoms with E-state index in [2.05, 4.69) is 17.1 Å². The zero-order chi connectivity index (χ0) is 26.1. The van der Waals surface area contributed by atoms with E-state index in [4.69, 9.17) is 16.3 Å². The van der Waals surface area contributed by atoms with Crippen molar-refractivity contribution in [3.05, 3.63) is 123 Å². The van der Waals surface area contributed by atoms with Crippen LogP contribution in [0.25, 0.3) is 22.0 Å². The number of hydrogen-bond acceptors (Lipinski definition) is 4. The van der Waals surface area contributed by atoms with E-state index in [0.717, 1.165) is 44.4 Å². The highest BCUT2D eigenvalue weighted by atomic mass is 35.5. The van der Waals surface area contributed by atoms with Gasteiger partial charge in [0, 0.05) is 42.5 Å². The molecule has 0 aliphatic carbocycles. The molecule has 0 saturated heterocycles. The molecule has 0 aliphatic heterocycles. The molecule has 0 bridgehead atoms. The van der Waals surface area contributed by atoms with Crippen LogP contribution in [0.15, 0.2) is 90.1 Å². The van der Waals surface area contributed by atoms with Crippen LogP contribution in [0.4, 0.5) is 0 Å². The third-order valence-electron chi connectivity index (χ3n) is 6.77. The van der Waals surface area contributed by atoms with Gasteiger partial charge in [-0.2, -0.15) is 0 Å². The highest BCUT2D eigenvalue weighted by molar-refractivity contribution is 6.30. The Balaban J connectivity index is 1.72. The minimum atomic E-state index is -0.310. The highest BCUT2D eigenvalue weighted by Crippen LogP contribution is 2.36. The van der Waals surface area contributed by atoms with Crippen LogP contribution in [-0.4, -0.2) is 27.2 Å². The number of imidazole rings is 1. The van der Waals surface area contributed by atoms with Crippen molar-refractivity contribution in [2.75, 3.05) is 7.11 Å². The first kappa shape index (κ1) is 24.5. The first-order chi connectivity index (χ1) is 17.9. The van der Waals surface area contributed by atoms with Gasteiger partial charge < -0.3 is 13.9 Å². The van der Waals surface area contributed by atoms with Crippen molar-refractivity contribution in [2.45, 2.75) is 12.3 Å². The summed E-state index contributed by atoms with van der Waals surface area (Å²) in [6, 6.07) is 23.4. The van der Waals surface area contributed by atoms with E-state index in [0.29, 0.717) is 5.02 Å². The summed E-state index contributed by atoms with van der Waals surface area (Å²) >= 11 is 6.19. The van der Waals surface area contributed by atoms with Gasteiger partial charge in [0.05, 0.1) is 31.3 Å². The number of rotatable bonds is 6. The predicted molar refractivity (Wildman–Crippen MR) is 146 cm³/mol. The summed E-state index contributed by atoms with van der Waals surface area (Å²) in [5.41, 5.74) is 6.40. The predicted octanol–water partition coefficient (Wildman–Crippen LogP) is 5.49. The van der Waals surface area contributed by atoms with E-state index in [-0.39, 0.29) is 23.9 Å². The number of carbonyl (C=O) groups excluding carboxylic acids is 1. The molecule has 0 unspecified atom stereocenters. The molecule has 6 nitrogen and oxygen atoms in total. The smallest absolute Gasteiger partial charge is 0.309 e. The van der Waals surface area contributed by atoms with Gasteiger partial charge in [0.1, 0.15) is 0 Å². The molecule has 2 heterocycles. The van der Waals surface area contributed by atoms with Crippen molar-refractivity contribution in [1.29, 1.82) is 0 Å². The standard InChI is InChI=1S/C30H26ClN3O3/c1-33-18-32-17-27(33)30(20-7-10-23(31)11-8-20)22-9-12-26-25(15-22)24(16-28(35)34(26)2)21-6-4-5-19(13-21)14-29(36)37-3/h4-13,15-18,30H,14H2,1-3H3/t30-/m0/s1. The van der Waals surface area contributed by atoms with Gasteiger partial charge in [0.2, 0.25) is 0 Å². The fourth-order valence-electron chi connectivity index (χ4n) is 4.82. The third kappa shape index (κ3) is 4.80. The lowest BCUT2D eigenvalue weighted by Crippen LogP contribution is -2.17. The second-order valence-electron chi connectivity index (χ2n) is 9.10. The lowest BCUT2D eigenvalue weighted by atomic mass is 9.87. The highest BCUT2D eigenvalue weighted by Gasteiger charge is 2.21. The number of fused-ring (bicyclic) bond motifs is 1. The maximum atomic E-state index is 12.9. The quantitative estimate of drug-likeness (QED) is 0.283. The molecule has 1 atom stereocenters. The molecule has 0 spiro atoms. The van der Waals surface area contributed by atoms with Crippen molar-refractivity contribution < 1.29 is 9.53 Å². The molecule has 0 aliphatic rings. The number of hydrogen-bond donors (Lipinski definition) is 0. The van der Waals surface area contributed by atoms with Crippen LogP contribution in [0.3, 0.4) is 0 Å². The summed E-state index contributed by atoms with van der Waals surface area (Å²) in [4.78, 5) is 29.1. The van der Waals surface area contributed by atoms with Crippen molar-refractivity contribution in [3.63, 3.8) is 0 Å². The topological polar surface area (TPSA) is 66.1 Å². The number of benzene rings is 3. The van der Waals surface area contributed by atoms with Crippen molar-refractivity contribution >= 4 is 28.5 Å². The van der Waals surface area contributed by atoms with E-state index >= 15 is 0 Å². The Bertz CT molecular complexity index is 1670. The number of esters is 1. The van der Waals surface area contributed by atoms with Crippen LogP contribution in [0, 0.1) is 0 Å². The van der Waals surface area contributed by atoms with E-state index in [1.165, 1.54) is 7.11 Å². The van der Waals surface area contributed by atoms with Crippen molar-refractivity contribution in [1.82, 2.24) is 14.1 Å². The second kappa shape index (κ2) is 10.1. The Morgan fingerprint density at radius 1 is 1.00 bits per heavy atom. The Morgan fingerprint density at radius 2 is 1.76 bits per heavy atom. The zero-order valence-electron chi connectivity index (χ0n) is 20.8. The average Bonchev–Trinajstić information content (AvgIpc) is 3.32. The Labute approximate surface area is 219 Å². The Kier molecular flexibility index (Phi) is 6.68. The number of aryl methyl sites for hydroxylation is 2. The Morgan fingerprint density at radius 3 is 2.46 bits per heavy atom. The van der Waals surface area contributed by atoms with Gasteiger partial charge in [-0.05, 0) is 52.1 Å². The summed E-state index contributed by atoms with van der Waals surface area (Å²) in [6.07, 6.45) is 3.83. The van der Waals surface area contributed by atoms with E-state index < -0.39 is 0 Å². The molecule has 0 amide bonds. The summed E-state index contributed by atoms with van der Waals surface area (Å²) in [5, 5.41) is 1.62. The minimum absolute atomic E-state index is 0.0927. The summed E-state index contributed by atoms with van der Waals surface area (Å²) in [7, 11) is 5.13. The molecule has 2 aromatic heterocycles. The number of nitrogens with zero attached hydrogens (tertiary/aromatic N) is 3. The number of aromatic nitrogens is 3. The molecule has 0 fully saturated rings. The van der Waals surface area contributed by atoms with Crippen LogP contribution in [0.1, 0.15) is 28.3 Å². The maximum absolute atomic E-state index is 12.9. The second-order valence-corrected chi connectivity index (χ2v) is 9.54. The minimum Gasteiger partial charge on any atom is -0.469 e. The number of pyridine rings is 1. The first-order valence-corrected chi connectivity index (χ1v) is 12.2. The molecule has 0 saturated carbocycles. The average molecular weight is 512 g/mol. The van der Waals surface area contributed by atoms with Crippen molar-refractivity contribution in [3.8, 4) is 11.1 Å². The van der Waals surface area contributed by atoms with Crippen LogP contribution >= 0.6 is 11.6 Å². The molecule has 5 aromatic rings. The zero-order valence-corrected chi connectivity index (χ0v) is 21.6. The van der Waals surface area contributed by atoms with Crippen LogP contribution in [0.2, 0.25) is 5.02 Å². The summed E-state index contributed by atoms with van der Waals surface area (Å²) in [6.45, 7) is 0. The lowest BCUT2D eigenvalue weighted by molar-refractivity contribution is -0.139. The van der Waals surface area contributed by atoms with E-state index in [1.54, 1.807) is 24.0 Å². The molecule has 5 rings (SSSR count). The van der Waals surface area contributed by atoms with Crippen LogP contribution < -0.4 is 5.56 Å². The Hall–Kier alpha value is -4.16. The number of halogens is 1. The lowest BCUT2D eigenvalue weighted by Gasteiger charge is -2.21. The maximum Gasteiger partial charge on any atom is 0.309 e. The fourth-order valence-corrected chi connectivity index (χ4v) is 4.95. The SMILES string of the molecule is COC(=O)Cc1cccc(-c2cc(=O)n(C)c3ccc([C@H](c4ccc(Cl)cc4)c4cncn4C)cc23)c1. The summed E-state index contributed by atoms with van der Waals surface area (Å²) in [5.74, 6) is -0.403. The van der Waals surface area contributed by atoms with Gasteiger partial charge in [0.15, 0.2) is 0 Å². The molecule has 0 radical (unpaired) electrons. The van der Waals surface area contributed by atoms with Gasteiger partial charge in [0.25, 0.3) is 5.56 Å². The van der Waals surface area contributed by atoms with E-state index in [1.807, 2.05) is 72.4 Å². The molecule has 0 N–H and O–H groups in total. The fraction of sp³-hybridized carbons (Fsp3) is 0.167. The van der Waals surface area contributed by atoms with Gasteiger partial charge >= 0.3 is 5.97 Å². The van der Waals surface area contributed by atoms with Gasteiger partial charge in [-0.1, -0.05) is 54.1 Å². The molecule has 3 aromatic carbocycles. The van der Waals surface area contributed by atoms with Crippen molar-refractivity contribution in [2.24, 2.45) is 14.1 Å². The number of carbonyl (C=O) groups is 1. The molecule has 186 valence electrons.